The van der Waals surface area contributed by atoms with Gasteiger partial charge >= 0.3 is 0 Å². The van der Waals surface area contributed by atoms with Gasteiger partial charge in [0.25, 0.3) is 0 Å². The summed E-state index contributed by atoms with van der Waals surface area (Å²) < 4.78 is 6.18. The van der Waals surface area contributed by atoms with Crippen LogP contribution in [0.4, 0.5) is 0 Å². The Labute approximate surface area is 100 Å². The van der Waals surface area contributed by atoms with E-state index in [2.05, 4.69) is 33.0 Å². The smallest absolute Gasteiger partial charge is 0.160 e. The van der Waals surface area contributed by atoms with E-state index in [1.54, 1.807) is 18.4 Å². The number of nitrogens with zero attached hydrogens (tertiary/aromatic N) is 1. The molecule has 1 aromatic carbocycles. The van der Waals surface area contributed by atoms with Crippen molar-refractivity contribution in [1.82, 2.24) is 4.98 Å². The molecule has 15 heavy (non-hydrogen) atoms. The zero-order chi connectivity index (χ0) is 10.4. The normalized spacial score (nSPS) is 12.4. The van der Waals surface area contributed by atoms with Crippen LogP contribution in [0.1, 0.15) is 10.4 Å². The lowest BCUT2D eigenvalue weighted by Crippen LogP contribution is -1.85. The van der Waals surface area contributed by atoms with Crippen LogP contribution in [-0.4, -0.2) is 12.1 Å². The molecule has 0 N–H and O–H groups in total. The molecular weight excluding hydrogens is 274 g/mol. The Kier molecular flexibility index (Phi) is 2.07. The lowest BCUT2D eigenvalue weighted by Gasteiger charge is -2.02. The van der Waals surface area contributed by atoms with Gasteiger partial charge in [-0.25, -0.2) is 4.98 Å². The van der Waals surface area contributed by atoms with Gasteiger partial charge in [0.1, 0.15) is 5.75 Å². The number of rotatable bonds is 1. The Morgan fingerprint density at radius 3 is 3.13 bits per heavy atom. The molecule has 1 aliphatic carbocycles. The number of hydrogen-bond donors (Lipinski definition) is 0. The summed E-state index contributed by atoms with van der Waals surface area (Å²) in [6.45, 7) is 0. The second-order valence-electron chi connectivity index (χ2n) is 3.44. The maximum absolute atomic E-state index is 5.23. The predicted molar refractivity (Wildman–Crippen MR) is 64.6 cm³/mol. The molecule has 1 aliphatic rings. The van der Waals surface area contributed by atoms with Gasteiger partial charge < -0.3 is 4.74 Å². The third-order valence-corrected chi connectivity index (χ3v) is 4.10. The van der Waals surface area contributed by atoms with Crippen molar-refractivity contribution >= 4 is 27.3 Å². The van der Waals surface area contributed by atoms with Gasteiger partial charge in [-0.15, -0.1) is 11.3 Å². The molecule has 2 aromatic rings. The molecular formula is C11H8BrNOS. The van der Waals surface area contributed by atoms with Crippen molar-refractivity contribution in [2.45, 2.75) is 6.42 Å². The second-order valence-corrected chi connectivity index (χ2v) is 5.80. The average Bonchev–Trinajstić information content (AvgIpc) is 2.73. The molecule has 1 heterocycles. The van der Waals surface area contributed by atoms with Crippen molar-refractivity contribution in [2.24, 2.45) is 0 Å². The standard InChI is InChI=1S/C11H8BrNOS/c1-14-7-3-2-6-4-9-10(8(6)5-7)13-11(12)15-9/h2-3,5H,4H2,1H3. The first-order valence-electron chi connectivity index (χ1n) is 4.60. The third-order valence-electron chi connectivity index (χ3n) is 2.59. The zero-order valence-corrected chi connectivity index (χ0v) is 10.5. The minimum absolute atomic E-state index is 0.894. The van der Waals surface area contributed by atoms with Gasteiger partial charge in [0.15, 0.2) is 3.92 Å². The van der Waals surface area contributed by atoms with Gasteiger partial charge in [0, 0.05) is 16.9 Å². The number of halogens is 1. The summed E-state index contributed by atoms with van der Waals surface area (Å²) in [5.74, 6) is 0.894. The molecule has 76 valence electrons. The van der Waals surface area contributed by atoms with Gasteiger partial charge in [-0.3, -0.25) is 0 Å². The van der Waals surface area contributed by atoms with Crippen LogP contribution in [0.2, 0.25) is 0 Å². The summed E-state index contributed by atoms with van der Waals surface area (Å²) in [4.78, 5) is 5.83. The lowest BCUT2D eigenvalue weighted by molar-refractivity contribution is 0.415. The first kappa shape index (κ1) is 9.36. The molecule has 0 atom stereocenters. The fourth-order valence-corrected chi connectivity index (χ4v) is 3.47. The largest absolute Gasteiger partial charge is 0.497 e. The van der Waals surface area contributed by atoms with Crippen molar-refractivity contribution in [1.29, 1.82) is 0 Å². The van der Waals surface area contributed by atoms with Gasteiger partial charge in [0.05, 0.1) is 12.8 Å². The van der Waals surface area contributed by atoms with E-state index in [1.165, 1.54) is 16.0 Å². The highest BCUT2D eigenvalue weighted by Gasteiger charge is 2.23. The van der Waals surface area contributed by atoms with Gasteiger partial charge in [-0.05, 0) is 33.6 Å². The van der Waals surface area contributed by atoms with Gasteiger partial charge in [-0.1, -0.05) is 6.07 Å². The topological polar surface area (TPSA) is 22.1 Å². The van der Waals surface area contributed by atoms with Crippen LogP contribution in [0.25, 0.3) is 11.3 Å². The van der Waals surface area contributed by atoms with Crippen LogP contribution in [0.3, 0.4) is 0 Å². The minimum Gasteiger partial charge on any atom is -0.497 e. The predicted octanol–water partition coefficient (Wildman–Crippen LogP) is 3.49. The third kappa shape index (κ3) is 1.40. The van der Waals surface area contributed by atoms with Crippen LogP contribution in [-0.2, 0) is 6.42 Å². The molecule has 3 rings (SSSR count). The molecule has 2 nitrogen and oxygen atoms in total. The lowest BCUT2D eigenvalue weighted by atomic mass is 10.1. The van der Waals surface area contributed by atoms with Crippen molar-refractivity contribution < 1.29 is 4.74 Å². The molecule has 1 aromatic heterocycles. The number of hydrogen-bond acceptors (Lipinski definition) is 3. The number of thiazole rings is 1. The van der Waals surface area contributed by atoms with E-state index < -0.39 is 0 Å². The molecule has 0 unspecified atom stereocenters. The highest BCUT2D eigenvalue weighted by Crippen LogP contribution is 2.42. The van der Waals surface area contributed by atoms with E-state index in [0.29, 0.717) is 0 Å². The molecule has 0 bridgehead atoms. The van der Waals surface area contributed by atoms with Crippen LogP contribution in [0.15, 0.2) is 22.1 Å². The molecule has 0 saturated heterocycles. The first-order valence-corrected chi connectivity index (χ1v) is 6.21. The van der Waals surface area contributed by atoms with Crippen molar-refractivity contribution in [3.63, 3.8) is 0 Å². The highest BCUT2D eigenvalue weighted by atomic mass is 79.9. The van der Waals surface area contributed by atoms with E-state index in [0.717, 1.165) is 21.8 Å². The molecule has 0 aliphatic heterocycles. The fourth-order valence-electron chi connectivity index (χ4n) is 1.88. The molecule has 0 radical (unpaired) electrons. The Bertz CT molecular complexity index is 535. The SMILES string of the molecule is COc1ccc2c(c1)-c1nc(Br)sc1C2. The summed E-state index contributed by atoms with van der Waals surface area (Å²) in [6, 6.07) is 6.19. The van der Waals surface area contributed by atoms with E-state index in [4.69, 9.17) is 4.74 Å². The Morgan fingerprint density at radius 2 is 2.33 bits per heavy atom. The number of fused-ring (bicyclic) bond motifs is 3. The Morgan fingerprint density at radius 1 is 1.47 bits per heavy atom. The van der Waals surface area contributed by atoms with E-state index in [9.17, 15) is 0 Å². The summed E-state index contributed by atoms with van der Waals surface area (Å²) in [5, 5.41) is 0. The van der Waals surface area contributed by atoms with Crippen LogP contribution in [0.5, 0.6) is 5.75 Å². The summed E-state index contributed by atoms with van der Waals surface area (Å²) in [5.41, 5.74) is 3.67. The highest BCUT2D eigenvalue weighted by molar-refractivity contribution is 9.11. The zero-order valence-electron chi connectivity index (χ0n) is 8.08. The number of aromatic nitrogens is 1. The van der Waals surface area contributed by atoms with E-state index >= 15 is 0 Å². The summed E-state index contributed by atoms with van der Waals surface area (Å²) >= 11 is 5.13. The maximum Gasteiger partial charge on any atom is 0.160 e. The quantitative estimate of drug-likeness (QED) is 0.681. The van der Waals surface area contributed by atoms with Gasteiger partial charge in [0.2, 0.25) is 0 Å². The molecule has 0 spiro atoms. The number of ether oxygens (including phenoxy) is 1. The summed E-state index contributed by atoms with van der Waals surface area (Å²) in [6.07, 6.45) is 0.998. The Hall–Kier alpha value is -0.870. The number of methoxy groups -OCH3 is 1. The Balaban J connectivity index is 2.20. The second kappa shape index (κ2) is 3.32. The summed E-state index contributed by atoms with van der Waals surface area (Å²) in [7, 11) is 1.69. The van der Waals surface area contributed by atoms with Crippen LogP contribution >= 0.6 is 27.3 Å². The fraction of sp³-hybridized carbons (Fsp3) is 0.182. The number of benzene rings is 1. The maximum atomic E-state index is 5.23. The molecule has 0 saturated carbocycles. The van der Waals surface area contributed by atoms with Crippen molar-refractivity contribution in [2.75, 3.05) is 7.11 Å². The van der Waals surface area contributed by atoms with Crippen molar-refractivity contribution in [3.8, 4) is 17.0 Å². The first-order chi connectivity index (χ1) is 7.28. The van der Waals surface area contributed by atoms with E-state index in [-0.39, 0.29) is 0 Å². The molecule has 4 heteroatoms. The monoisotopic (exact) mass is 281 g/mol. The van der Waals surface area contributed by atoms with Crippen LogP contribution in [0, 0.1) is 0 Å². The van der Waals surface area contributed by atoms with E-state index in [1.807, 2.05) is 6.07 Å². The molecule has 0 amide bonds. The van der Waals surface area contributed by atoms with Crippen LogP contribution < -0.4 is 4.74 Å². The van der Waals surface area contributed by atoms with Gasteiger partial charge in [-0.2, -0.15) is 0 Å². The van der Waals surface area contributed by atoms with Crippen molar-refractivity contribution in [3.05, 3.63) is 32.6 Å². The minimum atomic E-state index is 0.894. The average molecular weight is 282 g/mol. The molecule has 0 fully saturated rings.